The predicted molar refractivity (Wildman–Crippen MR) is 103 cm³/mol. The van der Waals surface area contributed by atoms with Gasteiger partial charge >= 0.3 is 0 Å². The standard InChI is InChI=1S/C20H27N3O4/c1-13(12-26-2)23-11-15(8-19(23)24)20(25)21-7-6-14-10-22-18-5-4-16(27-3)9-17(14)18/h4-5,9-10,13,15,22H,6-8,11-12H2,1-3H3,(H,21,25)/t13-,15+/m0/s1. The van der Waals surface area contributed by atoms with Gasteiger partial charge in [-0.1, -0.05) is 0 Å². The first-order valence-electron chi connectivity index (χ1n) is 9.23. The number of methoxy groups -OCH3 is 2. The number of aromatic amines is 1. The van der Waals surface area contributed by atoms with Crippen molar-refractivity contribution in [2.75, 3.05) is 33.9 Å². The van der Waals surface area contributed by atoms with E-state index in [1.807, 2.05) is 31.3 Å². The van der Waals surface area contributed by atoms with E-state index in [-0.39, 0.29) is 30.2 Å². The molecule has 0 aliphatic carbocycles. The molecule has 2 amide bonds. The molecular weight excluding hydrogens is 346 g/mol. The lowest BCUT2D eigenvalue weighted by Gasteiger charge is -2.23. The number of nitrogens with one attached hydrogen (secondary N) is 2. The van der Waals surface area contributed by atoms with Crippen LogP contribution < -0.4 is 10.1 Å². The highest BCUT2D eigenvalue weighted by Gasteiger charge is 2.36. The highest BCUT2D eigenvalue weighted by Crippen LogP contribution is 2.24. The molecule has 1 aliphatic rings. The third-order valence-corrected chi connectivity index (χ3v) is 5.14. The molecule has 0 spiro atoms. The Morgan fingerprint density at radius 3 is 2.96 bits per heavy atom. The maximum absolute atomic E-state index is 12.5. The van der Waals surface area contributed by atoms with Crippen molar-refractivity contribution in [3.63, 3.8) is 0 Å². The third-order valence-electron chi connectivity index (χ3n) is 5.14. The number of nitrogens with zero attached hydrogens (tertiary/aromatic N) is 1. The summed E-state index contributed by atoms with van der Waals surface area (Å²) < 4.78 is 10.4. The minimum absolute atomic E-state index is 0.0125. The van der Waals surface area contributed by atoms with Crippen molar-refractivity contribution in [3.05, 3.63) is 30.0 Å². The van der Waals surface area contributed by atoms with Crippen LogP contribution in [0, 0.1) is 5.92 Å². The minimum Gasteiger partial charge on any atom is -0.497 e. The Balaban J connectivity index is 1.54. The summed E-state index contributed by atoms with van der Waals surface area (Å²) in [5.41, 5.74) is 2.17. The zero-order valence-corrected chi connectivity index (χ0v) is 16.1. The van der Waals surface area contributed by atoms with Crippen LogP contribution in [0.15, 0.2) is 24.4 Å². The average molecular weight is 373 g/mol. The van der Waals surface area contributed by atoms with Gasteiger partial charge in [0.2, 0.25) is 11.8 Å². The first-order chi connectivity index (χ1) is 13.0. The van der Waals surface area contributed by atoms with Crippen molar-refractivity contribution in [1.29, 1.82) is 0 Å². The molecule has 0 bridgehead atoms. The Kier molecular flexibility index (Phi) is 6.01. The molecule has 1 aromatic carbocycles. The number of aromatic nitrogens is 1. The number of hydrogen-bond acceptors (Lipinski definition) is 4. The average Bonchev–Trinajstić information content (AvgIpc) is 3.25. The fourth-order valence-electron chi connectivity index (χ4n) is 3.62. The Bertz CT molecular complexity index is 817. The molecule has 0 saturated carbocycles. The molecule has 1 saturated heterocycles. The van der Waals surface area contributed by atoms with Crippen molar-refractivity contribution in [2.24, 2.45) is 5.92 Å². The SMILES string of the molecule is COC[C@H](C)N1C[C@H](C(=O)NCCc2c[nH]c3ccc(OC)cc23)CC1=O. The van der Waals surface area contributed by atoms with Crippen molar-refractivity contribution in [3.8, 4) is 5.75 Å². The summed E-state index contributed by atoms with van der Waals surface area (Å²) in [5.74, 6) is 0.471. The number of amides is 2. The Morgan fingerprint density at radius 1 is 1.41 bits per heavy atom. The molecular formula is C20H27N3O4. The van der Waals surface area contributed by atoms with E-state index in [0.29, 0.717) is 26.1 Å². The summed E-state index contributed by atoms with van der Waals surface area (Å²) in [6.45, 7) is 3.40. The van der Waals surface area contributed by atoms with Gasteiger partial charge in [0.05, 0.1) is 25.7 Å². The summed E-state index contributed by atoms with van der Waals surface area (Å²) in [5, 5.41) is 4.07. The number of benzene rings is 1. The van der Waals surface area contributed by atoms with Gasteiger partial charge in [-0.15, -0.1) is 0 Å². The van der Waals surface area contributed by atoms with E-state index >= 15 is 0 Å². The molecule has 0 unspecified atom stereocenters. The van der Waals surface area contributed by atoms with Gasteiger partial charge in [-0.3, -0.25) is 9.59 Å². The number of hydrogen-bond donors (Lipinski definition) is 2. The molecule has 146 valence electrons. The number of rotatable bonds is 8. The minimum atomic E-state index is -0.292. The lowest BCUT2D eigenvalue weighted by Crippen LogP contribution is -2.39. The van der Waals surface area contributed by atoms with E-state index in [1.54, 1.807) is 19.1 Å². The molecule has 27 heavy (non-hydrogen) atoms. The molecule has 2 N–H and O–H groups in total. The Morgan fingerprint density at radius 2 is 2.22 bits per heavy atom. The van der Waals surface area contributed by atoms with Gasteiger partial charge in [-0.2, -0.15) is 0 Å². The molecule has 2 atom stereocenters. The van der Waals surface area contributed by atoms with Gasteiger partial charge in [0.1, 0.15) is 5.75 Å². The second-order valence-corrected chi connectivity index (χ2v) is 7.02. The molecule has 1 aliphatic heterocycles. The second kappa shape index (κ2) is 8.43. The highest BCUT2D eigenvalue weighted by molar-refractivity contribution is 5.89. The second-order valence-electron chi connectivity index (χ2n) is 7.02. The molecule has 2 aromatic rings. The Hall–Kier alpha value is -2.54. The van der Waals surface area contributed by atoms with E-state index in [9.17, 15) is 9.59 Å². The van der Waals surface area contributed by atoms with Gasteiger partial charge in [-0.05, 0) is 37.1 Å². The highest BCUT2D eigenvalue weighted by atomic mass is 16.5. The van der Waals surface area contributed by atoms with Crippen LogP contribution in [0.25, 0.3) is 10.9 Å². The molecule has 1 aromatic heterocycles. The lowest BCUT2D eigenvalue weighted by atomic mass is 10.1. The summed E-state index contributed by atoms with van der Waals surface area (Å²) in [6, 6.07) is 5.88. The van der Waals surface area contributed by atoms with Crippen molar-refractivity contribution in [1.82, 2.24) is 15.2 Å². The van der Waals surface area contributed by atoms with Crippen molar-refractivity contribution in [2.45, 2.75) is 25.8 Å². The fraction of sp³-hybridized carbons (Fsp3) is 0.500. The van der Waals surface area contributed by atoms with Crippen LogP contribution in [-0.4, -0.2) is 61.7 Å². The molecule has 7 nitrogen and oxygen atoms in total. The molecule has 0 radical (unpaired) electrons. The number of likely N-dealkylation sites (tertiary alicyclic amines) is 1. The van der Waals surface area contributed by atoms with Crippen molar-refractivity contribution >= 4 is 22.7 Å². The third kappa shape index (κ3) is 4.24. The number of ether oxygens (including phenoxy) is 2. The van der Waals surface area contributed by atoms with Crippen LogP contribution in [0.2, 0.25) is 0 Å². The zero-order chi connectivity index (χ0) is 19.4. The van der Waals surface area contributed by atoms with Crippen LogP contribution in [0.5, 0.6) is 5.75 Å². The predicted octanol–water partition coefficient (Wildman–Crippen LogP) is 1.72. The Labute approximate surface area is 159 Å². The zero-order valence-electron chi connectivity index (χ0n) is 16.1. The van der Waals surface area contributed by atoms with E-state index in [4.69, 9.17) is 9.47 Å². The fourth-order valence-corrected chi connectivity index (χ4v) is 3.62. The van der Waals surface area contributed by atoms with E-state index in [2.05, 4.69) is 10.3 Å². The van der Waals surface area contributed by atoms with Gasteiger partial charge < -0.3 is 24.7 Å². The maximum atomic E-state index is 12.5. The van der Waals surface area contributed by atoms with Gasteiger partial charge in [0.15, 0.2) is 0 Å². The largest absolute Gasteiger partial charge is 0.497 e. The van der Waals surface area contributed by atoms with Crippen LogP contribution in [0.1, 0.15) is 18.9 Å². The van der Waals surface area contributed by atoms with Crippen LogP contribution >= 0.6 is 0 Å². The number of H-pyrrole nitrogens is 1. The quantitative estimate of drug-likeness (QED) is 0.738. The first kappa shape index (κ1) is 19.2. The van der Waals surface area contributed by atoms with Crippen molar-refractivity contribution < 1.29 is 19.1 Å². The number of carbonyl (C=O) groups excluding carboxylic acids is 2. The van der Waals surface area contributed by atoms with E-state index in [1.165, 1.54) is 0 Å². The van der Waals surface area contributed by atoms with Gasteiger partial charge in [-0.25, -0.2) is 0 Å². The summed E-state index contributed by atoms with van der Waals surface area (Å²) in [4.78, 5) is 29.6. The van der Waals surface area contributed by atoms with E-state index in [0.717, 1.165) is 22.2 Å². The van der Waals surface area contributed by atoms with Crippen LogP contribution in [0.4, 0.5) is 0 Å². The summed E-state index contributed by atoms with van der Waals surface area (Å²) >= 11 is 0. The first-order valence-corrected chi connectivity index (χ1v) is 9.23. The lowest BCUT2D eigenvalue weighted by molar-refractivity contribution is -0.130. The maximum Gasteiger partial charge on any atom is 0.225 e. The van der Waals surface area contributed by atoms with Crippen LogP contribution in [-0.2, 0) is 20.7 Å². The summed E-state index contributed by atoms with van der Waals surface area (Å²) in [6.07, 6.45) is 2.94. The number of fused-ring (bicyclic) bond motifs is 1. The molecule has 1 fully saturated rings. The number of carbonyl (C=O) groups is 2. The molecule has 3 rings (SSSR count). The van der Waals surface area contributed by atoms with Gasteiger partial charge in [0, 0.05) is 43.7 Å². The molecule has 2 heterocycles. The smallest absolute Gasteiger partial charge is 0.225 e. The van der Waals surface area contributed by atoms with Gasteiger partial charge in [0.25, 0.3) is 0 Å². The topological polar surface area (TPSA) is 83.7 Å². The van der Waals surface area contributed by atoms with E-state index < -0.39 is 0 Å². The van der Waals surface area contributed by atoms with Crippen LogP contribution in [0.3, 0.4) is 0 Å². The normalized spacial score (nSPS) is 18.1. The summed E-state index contributed by atoms with van der Waals surface area (Å²) in [7, 11) is 3.26. The monoisotopic (exact) mass is 373 g/mol. The molecule has 7 heteroatoms.